The zero-order valence-electron chi connectivity index (χ0n) is 11.1. The lowest BCUT2D eigenvalue weighted by Gasteiger charge is -2.17. The number of nitrogens with one attached hydrogen (secondary N) is 1. The van der Waals surface area contributed by atoms with Crippen LogP contribution in [0.2, 0.25) is 0 Å². The van der Waals surface area contributed by atoms with Crippen LogP contribution in [0.25, 0.3) is 0 Å². The minimum absolute atomic E-state index is 0.0339. The molecule has 1 amide bonds. The number of hydrogen-bond donors (Lipinski definition) is 2. The number of amides is 1. The van der Waals surface area contributed by atoms with Gasteiger partial charge in [-0.05, 0) is 17.7 Å². The van der Waals surface area contributed by atoms with Crippen molar-refractivity contribution in [3.8, 4) is 11.8 Å². The Morgan fingerprint density at radius 1 is 1.28 bits per heavy atom. The van der Waals surface area contributed by atoms with Crippen molar-refractivity contribution in [3.05, 3.63) is 35.4 Å². The van der Waals surface area contributed by atoms with Crippen LogP contribution in [0.15, 0.2) is 24.3 Å². The minimum Gasteiger partial charge on any atom is -0.384 e. The molecule has 0 spiro atoms. The summed E-state index contributed by atoms with van der Waals surface area (Å²) in [6.07, 6.45) is 0. The molecule has 0 unspecified atom stereocenters. The Morgan fingerprint density at radius 2 is 1.89 bits per heavy atom. The molecule has 0 aromatic heterocycles. The Kier molecular flexibility index (Phi) is 4.94. The summed E-state index contributed by atoms with van der Waals surface area (Å²) in [4.78, 5) is 11.7. The quantitative estimate of drug-likeness (QED) is 0.779. The van der Waals surface area contributed by atoms with E-state index >= 15 is 0 Å². The van der Waals surface area contributed by atoms with Crippen LogP contribution in [0, 0.1) is 17.3 Å². The van der Waals surface area contributed by atoms with Gasteiger partial charge in [-0.2, -0.15) is 0 Å². The molecule has 3 heteroatoms. The third-order valence-corrected chi connectivity index (χ3v) is 2.40. The highest BCUT2D eigenvalue weighted by Gasteiger charge is 2.20. The lowest BCUT2D eigenvalue weighted by Crippen LogP contribution is -2.34. The van der Waals surface area contributed by atoms with Crippen LogP contribution in [0.3, 0.4) is 0 Å². The van der Waals surface area contributed by atoms with Crippen LogP contribution >= 0.6 is 0 Å². The lowest BCUT2D eigenvalue weighted by molar-refractivity contribution is -0.128. The number of hydrogen-bond acceptors (Lipinski definition) is 2. The average molecular weight is 245 g/mol. The van der Waals surface area contributed by atoms with Gasteiger partial charge in [-0.1, -0.05) is 44.7 Å². The molecule has 0 saturated carbocycles. The highest BCUT2D eigenvalue weighted by molar-refractivity contribution is 5.81. The minimum atomic E-state index is -0.369. The second-order valence-electron chi connectivity index (χ2n) is 5.09. The zero-order valence-corrected chi connectivity index (χ0v) is 11.1. The third-order valence-electron chi connectivity index (χ3n) is 2.40. The lowest BCUT2D eigenvalue weighted by atomic mass is 9.95. The molecule has 1 aromatic rings. The number of carbonyl (C=O) groups is 1. The van der Waals surface area contributed by atoms with Crippen molar-refractivity contribution < 1.29 is 9.90 Å². The second kappa shape index (κ2) is 6.23. The van der Waals surface area contributed by atoms with Crippen LogP contribution in [0.5, 0.6) is 0 Å². The Hall–Kier alpha value is -1.79. The van der Waals surface area contributed by atoms with Gasteiger partial charge in [0.25, 0.3) is 0 Å². The van der Waals surface area contributed by atoms with Crippen molar-refractivity contribution >= 4 is 5.91 Å². The fraction of sp³-hybridized carbons (Fsp3) is 0.400. The van der Waals surface area contributed by atoms with Gasteiger partial charge < -0.3 is 10.4 Å². The van der Waals surface area contributed by atoms with Gasteiger partial charge in [-0.25, -0.2) is 0 Å². The molecule has 0 radical (unpaired) electrons. The van der Waals surface area contributed by atoms with Gasteiger partial charge in [-0.15, -0.1) is 0 Å². The maximum atomic E-state index is 11.7. The predicted molar refractivity (Wildman–Crippen MR) is 71.7 cm³/mol. The Morgan fingerprint density at radius 3 is 2.39 bits per heavy atom. The molecule has 0 atom stereocenters. The van der Waals surface area contributed by atoms with E-state index in [4.69, 9.17) is 5.11 Å². The van der Waals surface area contributed by atoms with Crippen LogP contribution in [-0.4, -0.2) is 17.6 Å². The normalized spacial score (nSPS) is 10.4. The third kappa shape index (κ3) is 4.60. The van der Waals surface area contributed by atoms with Gasteiger partial charge >= 0.3 is 0 Å². The van der Waals surface area contributed by atoms with E-state index in [1.807, 2.05) is 45.0 Å². The van der Waals surface area contributed by atoms with Gasteiger partial charge in [-0.3, -0.25) is 4.79 Å². The first-order valence-electron chi connectivity index (χ1n) is 5.90. The van der Waals surface area contributed by atoms with E-state index in [-0.39, 0.29) is 17.9 Å². The summed E-state index contributed by atoms with van der Waals surface area (Å²) in [6.45, 7) is 6.04. The van der Waals surface area contributed by atoms with E-state index in [1.165, 1.54) is 0 Å². The highest BCUT2D eigenvalue weighted by atomic mass is 16.2. The molecule has 0 aliphatic rings. The predicted octanol–water partition coefficient (Wildman–Crippen LogP) is 1.69. The topological polar surface area (TPSA) is 49.3 Å². The summed E-state index contributed by atoms with van der Waals surface area (Å²) >= 11 is 0. The summed E-state index contributed by atoms with van der Waals surface area (Å²) in [5.74, 6) is 5.45. The largest absolute Gasteiger partial charge is 0.384 e. The first kappa shape index (κ1) is 14.3. The summed E-state index contributed by atoms with van der Waals surface area (Å²) in [5, 5.41) is 11.5. The summed E-state index contributed by atoms with van der Waals surface area (Å²) in [7, 11) is 0. The molecule has 96 valence electrons. The second-order valence-corrected chi connectivity index (χ2v) is 5.09. The van der Waals surface area contributed by atoms with Crippen molar-refractivity contribution in [1.29, 1.82) is 0 Å². The van der Waals surface area contributed by atoms with E-state index in [1.54, 1.807) is 0 Å². The van der Waals surface area contributed by atoms with Crippen LogP contribution < -0.4 is 5.32 Å². The number of aliphatic hydroxyl groups excluding tert-OH is 1. The van der Waals surface area contributed by atoms with Crippen LogP contribution in [-0.2, 0) is 11.3 Å². The SMILES string of the molecule is CC(C)(C)C(=O)NCc1ccc(C#CCO)cc1. The van der Waals surface area contributed by atoms with Crippen molar-refractivity contribution in [3.63, 3.8) is 0 Å². The summed E-state index contributed by atoms with van der Waals surface area (Å²) in [6, 6.07) is 7.59. The molecule has 1 rings (SSSR count). The Labute approximate surface area is 108 Å². The number of benzene rings is 1. The van der Waals surface area contributed by atoms with Crippen molar-refractivity contribution in [2.75, 3.05) is 6.61 Å². The molecular formula is C15H19NO2. The van der Waals surface area contributed by atoms with Crippen LogP contribution in [0.1, 0.15) is 31.9 Å². The number of rotatable bonds is 2. The van der Waals surface area contributed by atoms with Gasteiger partial charge in [0.15, 0.2) is 0 Å². The number of carbonyl (C=O) groups excluding carboxylic acids is 1. The molecule has 18 heavy (non-hydrogen) atoms. The molecule has 0 heterocycles. The van der Waals surface area contributed by atoms with Crippen molar-refractivity contribution in [2.24, 2.45) is 5.41 Å². The van der Waals surface area contributed by atoms with Crippen molar-refractivity contribution in [1.82, 2.24) is 5.32 Å². The molecule has 0 fully saturated rings. The molecule has 0 aliphatic heterocycles. The fourth-order valence-electron chi connectivity index (χ4n) is 1.30. The van der Waals surface area contributed by atoms with Crippen molar-refractivity contribution in [2.45, 2.75) is 27.3 Å². The molecule has 0 bridgehead atoms. The van der Waals surface area contributed by atoms with Gasteiger partial charge in [0.2, 0.25) is 5.91 Å². The standard InChI is InChI=1S/C15H19NO2/c1-15(2,3)14(18)16-11-13-8-6-12(7-9-13)5-4-10-17/h6-9,17H,10-11H2,1-3H3,(H,16,18). The molecule has 2 N–H and O–H groups in total. The molecule has 0 aliphatic carbocycles. The summed E-state index contributed by atoms with van der Waals surface area (Å²) < 4.78 is 0. The Bertz CT molecular complexity index is 458. The average Bonchev–Trinajstić information content (AvgIpc) is 2.33. The summed E-state index contributed by atoms with van der Waals surface area (Å²) in [5.41, 5.74) is 1.52. The first-order valence-corrected chi connectivity index (χ1v) is 5.90. The van der Waals surface area contributed by atoms with Gasteiger partial charge in [0, 0.05) is 17.5 Å². The highest BCUT2D eigenvalue weighted by Crippen LogP contribution is 2.13. The van der Waals surface area contributed by atoms with E-state index in [0.717, 1.165) is 11.1 Å². The van der Waals surface area contributed by atoms with E-state index in [9.17, 15) is 4.79 Å². The van der Waals surface area contributed by atoms with E-state index in [2.05, 4.69) is 17.2 Å². The molecular weight excluding hydrogens is 226 g/mol. The fourth-order valence-corrected chi connectivity index (χ4v) is 1.30. The first-order chi connectivity index (χ1) is 8.43. The van der Waals surface area contributed by atoms with Gasteiger partial charge in [0.1, 0.15) is 6.61 Å². The Balaban J connectivity index is 2.57. The molecule has 3 nitrogen and oxygen atoms in total. The zero-order chi connectivity index (χ0) is 13.6. The smallest absolute Gasteiger partial charge is 0.225 e. The van der Waals surface area contributed by atoms with Crippen LogP contribution in [0.4, 0.5) is 0 Å². The monoisotopic (exact) mass is 245 g/mol. The van der Waals surface area contributed by atoms with E-state index < -0.39 is 0 Å². The number of aliphatic hydroxyl groups is 1. The molecule has 0 saturated heterocycles. The van der Waals surface area contributed by atoms with Gasteiger partial charge in [0.05, 0.1) is 0 Å². The molecule has 1 aromatic carbocycles. The van der Waals surface area contributed by atoms with E-state index in [0.29, 0.717) is 6.54 Å². The maximum absolute atomic E-state index is 11.7. The maximum Gasteiger partial charge on any atom is 0.225 e.